The number of rotatable bonds is 17. The number of unbranched alkanes of at least 4 members (excludes halogenated alkanes) is 6. The molecule has 0 spiro atoms. The standard InChI is InChI=1S/C24H40F3NO2/c1-21(17-13-10-11-15-19-24(25,26)27)16-12-8-6-4-3-5-7-9-14-18-23(30)28-22(2)20-29/h4,6,12-13,16-17,21-22,29H,3,5,7-11,14-15,18-20H2,1-2H3,(H,28,30)/b6-4-,16-12-,17-13-/t21-,22-/m1/s1. The second-order valence-corrected chi connectivity index (χ2v) is 7.89. The molecule has 0 rings (SSSR count). The minimum Gasteiger partial charge on any atom is -0.394 e. The first-order chi connectivity index (χ1) is 14.2. The summed E-state index contributed by atoms with van der Waals surface area (Å²) in [5.74, 6) is 0.298. The van der Waals surface area contributed by atoms with E-state index in [-0.39, 0.29) is 25.0 Å². The zero-order valence-corrected chi connectivity index (χ0v) is 18.6. The van der Waals surface area contributed by atoms with Crippen molar-refractivity contribution >= 4 is 5.91 Å². The average Bonchev–Trinajstić information content (AvgIpc) is 2.67. The van der Waals surface area contributed by atoms with Crippen molar-refractivity contribution in [2.24, 2.45) is 5.92 Å². The number of allylic oxidation sites excluding steroid dienone is 6. The molecule has 30 heavy (non-hydrogen) atoms. The monoisotopic (exact) mass is 431 g/mol. The minimum absolute atomic E-state index is 0.00811. The Morgan fingerprint density at radius 2 is 1.53 bits per heavy atom. The molecule has 6 heteroatoms. The van der Waals surface area contributed by atoms with Crippen molar-refractivity contribution in [3.05, 3.63) is 36.5 Å². The first-order valence-corrected chi connectivity index (χ1v) is 11.2. The Morgan fingerprint density at radius 3 is 2.23 bits per heavy atom. The van der Waals surface area contributed by atoms with Crippen LogP contribution in [0, 0.1) is 5.92 Å². The molecule has 174 valence electrons. The van der Waals surface area contributed by atoms with E-state index in [0.717, 1.165) is 38.5 Å². The van der Waals surface area contributed by atoms with Crippen LogP contribution in [-0.4, -0.2) is 29.8 Å². The lowest BCUT2D eigenvalue weighted by atomic mass is 10.1. The van der Waals surface area contributed by atoms with Gasteiger partial charge in [-0.05, 0) is 57.8 Å². The molecule has 2 N–H and O–H groups in total. The molecule has 0 bridgehead atoms. The van der Waals surface area contributed by atoms with Gasteiger partial charge in [-0.15, -0.1) is 0 Å². The molecule has 0 saturated carbocycles. The van der Waals surface area contributed by atoms with Crippen LogP contribution in [0.4, 0.5) is 13.2 Å². The first-order valence-electron chi connectivity index (χ1n) is 11.2. The lowest BCUT2D eigenvalue weighted by molar-refractivity contribution is -0.135. The SMILES string of the molecule is C[C@H](/C=C\C/C=C\CCCCCCC(=O)N[C@H](C)CO)/C=C\CCCCC(F)(F)F. The summed E-state index contributed by atoms with van der Waals surface area (Å²) in [6.07, 6.45) is 15.9. The molecule has 0 aliphatic rings. The van der Waals surface area contributed by atoms with Gasteiger partial charge in [-0.2, -0.15) is 13.2 Å². The maximum Gasteiger partial charge on any atom is 0.389 e. The lowest BCUT2D eigenvalue weighted by Crippen LogP contribution is -2.34. The van der Waals surface area contributed by atoms with Crippen LogP contribution in [-0.2, 0) is 4.79 Å². The van der Waals surface area contributed by atoms with E-state index in [9.17, 15) is 18.0 Å². The highest BCUT2D eigenvalue weighted by Crippen LogP contribution is 2.22. The van der Waals surface area contributed by atoms with Crippen LogP contribution in [0.15, 0.2) is 36.5 Å². The Hall–Kier alpha value is -1.56. The molecule has 0 unspecified atom stereocenters. The van der Waals surface area contributed by atoms with Gasteiger partial charge in [0.1, 0.15) is 0 Å². The van der Waals surface area contributed by atoms with Crippen molar-refractivity contribution in [2.45, 2.75) is 96.7 Å². The van der Waals surface area contributed by atoms with Gasteiger partial charge in [0.15, 0.2) is 0 Å². The largest absolute Gasteiger partial charge is 0.394 e. The van der Waals surface area contributed by atoms with E-state index >= 15 is 0 Å². The average molecular weight is 432 g/mol. The third-order valence-corrected chi connectivity index (χ3v) is 4.61. The van der Waals surface area contributed by atoms with E-state index < -0.39 is 12.6 Å². The van der Waals surface area contributed by atoms with Crippen LogP contribution < -0.4 is 5.32 Å². The summed E-state index contributed by atoms with van der Waals surface area (Å²) >= 11 is 0. The second kappa shape index (κ2) is 18.2. The summed E-state index contributed by atoms with van der Waals surface area (Å²) in [4.78, 5) is 11.5. The molecule has 0 aliphatic carbocycles. The molecule has 0 aromatic carbocycles. The summed E-state index contributed by atoms with van der Waals surface area (Å²) in [5, 5.41) is 11.6. The van der Waals surface area contributed by atoms with Crippen LogP contribution >= 0.6 is 0 Å². The van der Waals surface area contributed by atoms with E-state index in [0.29, 0.717) is 25.2 Å². The topological polar surface area (TPSA) is 49.3 Å². The molecular formula is C24H40F3NO2. The van der Waals surface area contributed by atoms with Crippen LogP contribution in [0.3, 0.4) is 0 Å². The maximum atomic E-state index is 12.0. The van der Waals surface area contributed by atoms with Gasteiger partial charge in [-0.1, -0.05) is 56.2 Å². The number of carbonyl (C=O) groups excluding carboxylic acids is 1. The van der Waals surface area contributed by atoms with E-state index in [1.54, 1.807) is 6.92 Å². The van der Waals surface area contributed by atoms with E-state index in [2.05, 4.69) is 36.5 Å². The van der Waals surface area contributed by atoms with Crippen molar-refractivity contribution < 1.29 is 23.1 Å². The van der Waals surface area contributed by atoms with Crippen LogP contribution in [0.2, 0.25) is 0 Å². The molecule has 0 aliphatic heterocycles. The molecule has 0 aromatic heterocycles. The number of aliphatic hydroxyl groups is 1. The van der Waals surface area contributed by atoms with E-state index in [4.69, 9.17) is 5.11 Å². The molecule has 2 atom stereocenters. The number of hydrogen-bond acceptors (Lipinski definition) is 2. The smallest absolute Gasteiger partial charge is 0.389 e. The Kier molecular flexibility index (Phi) is 17.3. The predicted molar refractivity (Wildman–Crippen MR) is 118 cm³/mol. The third kappa shape index (κ3) is 21.2. The Bertz CT molecular complexity index is 513. The van der Waals surface area contributed by atoms with Gasteiger partial charge in [-0.3, -0.25) is 4.79 Å². The van der Waals surface area contributed by atoms with Crippen molar-refractivity contribution in [1.29, 1.82) is 0 Å². The van der Waals surface area contributed by atoms with Crippen molar-refractivity contribution in [1.82, 2.24) is 5.32 Å². The highest BCUT2D eigenvalue weighted by atomic mass is 19.4. The van der Waals surface area contributed by atoms with Crippen molar-refractivity contribution in [3.8, 4) is 0 Å². The minimum atomic E-state index is -4.04. The summed E-state index contributed by atoms with van der Waals surface area (Å²) in [6, 6.07) is -0.174. The molecule has 0 fully saturated rings. The fourth-order valence-electron chi connectivity index (χ4n) is 2.84. The number of alkyl halides is 3. The number of halogens is 3. The van der Waals surface area contributed by atoms with Gasteiger partial charge >= 0.3 is 6.18 Å². The van der Waals surface area contributed by atoms with Gasteiger partial charge < -0.3 is 10.4 Å². The number of hydrogen-bond donors (Lipinski definition) is 2. The fraction of sp³-hybridized carbons (Fsp3) is 0.708. The maximum absolute atomic E-state index is 12.0. The van der Waals surface area contributed by atoms with Crippen molar-refractivity contribution in [3.63, 3.8) is 0 Å². The highest BCUT2D eigenvalue weighted by molar-refractivity contribution is 5.76. The summed E-state index contributed by atoms with van der Waals surface area (Å²) < 4.78 is 36.1. The van der Waals surface area contributed by atoms with Crippen LogP contribution in [0.5, 0.6) is 0 Å². The highest BCUT2D eigenvalue weighted by Gasteiger charge is 2.25. The van der Waals surface area contributed by atoms with Gasteiger partial charge in [-0.25, -0.2) is 0 Å². The van der Waals surface area contributed by atoms with Gasteiger partial charge in [0, 0.05) is 18.9 Å². The number of nitrogens with one attached hydrogen (secondary N) is 1. The number of carbonyl (C=O) groups is 1. The zero-order chi connectivity index (χ0) is 22.7. The molecule has 0 radical (unpaired) electrons. The van der Waals surface area contributed by atoms with Crippen LogP contribution in [0.25, 0.3) is 0 Å². The third-order valence-electron chi connectivity index (χ3n) is 4.61. The number of aliphatic hydroxyl groups excluding tert-OH is 1. The van der Waals surface area contributed by atoms with E-state index in [1.807, 2.05) is 12.2 Å². The molecule has 0 heterocycles. The normalized spacial score (nSPS) is 14.7. The predicted octanol–water partition coefficient (Wildman–Crippen LogP) is 6.64. The van der Waals surface area contributed by atoms with Crippen molar-refractivity contribution in [2.75, 3.05) is 6.61 Å². The fourth-order valence-corrected chi connectivity index (χ4v) is 2.84. The quantitative estimate of drug-likeness (QED) is 0.200. The summed E-state index contributed by atoms with van der Waals surface area (Å²) in [5.41, 5.74) is 0. The number of amides is 1. The second-order valence-electron chi connectivity index (χ2n) is 7.89. The zero-order valence-electron chi connectivity index (χ0n) is 18.6. The Morgan fingerprint density at radius 1 is 0.900 bits per heavy atom. The molecule has 1 amide bonds. The Balaban J connectivity index is 3.59. The summed E-state index contributed by atoms with van der Waals surface area (Å²) in [6.45, 7) is 3.82. The molecule has 0 aromatic rings. The Labute approximate surface area is 180 Å². The lowest BCUT2D eigenvalue weighted by Gasteiger charge is -2.10. The van der Waals surface area contributed by atoms with Crippen LogP contribution in [0.1, 0.15) is 84.5 Å². The van der Waals surface area contributed by atoms with Gasteiger partial charge in [0.05, 0.1) is 6.61 Å². The summed E-state index contributed by atoms with van der Waals surface area (Å²) in [7, 11) is 0. The molecular weight excluding hydrogens is 391 g/mol. The van der Waals surface area contributed by atoms with Gasteiger partial charge in [0.2, 0.25) is 5.91 Å². The van der Waals surface area contributed by atoms with Gasteiger partial charge in [0.25, 0.3) is 0 Å². The first kappa shape index (κ1) is 28.4. The van der Waals surface area contributed by atoms with E-state index in [1.165, 1.54) is 0 Å². The molecule has 0 saturated heterocycles. The molecule has 3 nitrogen and oxygen atoms in total.